The topological polar surface area (TPSA) is 29.5 Å². The monoisotopic (exact) mass is 225 g/mol. The molecule has 0 saturated carbocycles. The van der Waals surface area contributed by atoms with Crippen LogP contribution in [0.1, 0.15) is 33.6 Å². The van der Waals surface area contributed by atoms with Crippen molar-refractivity contribution in [3.63, 3.8) is 0 Å². The Balaban J connectivity index is 2.79. The molecule has 1 fully saturated rings. The summed E-state index contributed by atoms with van der Waals surface area (Å²) in [6.45, 7) is 10.5. The standard InChI is InChI=1S/C13H23NO2/c1-9-7-11(10(2)12(15)16-6)8-13(3,4)14(9)5/h9,11H,2,7-8H2,1,3-6H3. The van der Waals surface area contributed by atoms with Gasteiger partial charge in [0.25, 0.3) is 0 Å². The highest BCUT2D eigenvalue weighted by molar-refractivity contribution is 5.88. The van der Waals surface area contributed by atoms with E-state index in [1.54, 1.807) is 0 Å². The number of hydrogen-bond donors (Lipinski definition) is 0. The zero-order valence-electron chi connectivity index (χ0n) is 11.0. The van der Waals surface area contributed by atoms with E-state index in [-0.39, 0.29) is 17.4 Å². The van der Waals surface area contributed by atoms with E-state index in [2.05, 4.69) is 39.3 Å². The van der Waals surface area contributed by atoms with Crippen molar-refractivity contribution in [2.75, 3.05) is 14.2 Å². The molecule has 3 nitrogen and oxygen atoms in total. The summed E-state index contributed by atoms with van der Waals surface area (Å²) < 4.78 is 4.74. The molecule has 92 valence electrons. The second-order valence-corrected chi connectivity index (χ2v) is 5.43. The molecule has 0 radical (unpaired) electrons. The molecule has 2 atom stereocenters. The summed E-state index contributed by atoms with van der Waals surface area (Å²) in [5.41, 5.74) is 0.731. The average molecular weight is 225 g/mol. The van der Waals surface area contributed by atoms with Gasteiger partial charge in [-0.2, -0.15) is 0 Å². The van der Waals surface area contributed by atoms with Gasteiger partial charge in [-0.25, -0.2) is 4.79 Å². The first kappa shape index (κ1) is 13.2. The lowest BCUT2D eigenvalue weighted by Crippen LogP contribution is -2.52. The van der Waals surface area contributed by atoms with Crippen LogP contribution in [0.25, 0.3) is 0 Å². The smallest absolute Gasteiger partial charge is 0.333 e. The molecule has 0 aliphatic carbocycles. The van der Waals surface area contributed by atoms with Crippen LogP contribution >= 0.6 is 0 Å². The van der Waals surface area contributed by atoms with Crippen LogP contribution in [-0.4, -0.2) is 36.6 Å². The highest BCUT2D eigenvalue weighted by Crippen LogP contribution is 2.37. The van der Waals surface area contributed by atoms with E-state index in [1.165, 1.54) is 7.11 Å². The van der Waals surface area contributed by atoms with Crippen LogP contribution in [0.3, 0.4) is 0 Å². The van der Waals surface area contributed by atoms with E-state index in [0.717, 1.165) is 12.8 Å². The highest BCUT2D eigenvalue weighted by Gasteiger charge is 2.38. The molecular formula is C13H23NO2. The lowest BCUT2D eigenvalue weighted by Gasteiger charge is -2.47. The van der Waals surface area contributed by atoms with Crippen molar-refractivity contribution in [1.82, 2.24) is 4.90 Å². The Kier molecular flexibility index (Phi) is 3.79. The Labute approximate surface area is 98.5 Å². The predicted octanol–water partition coefficient (Wildman–Crippen LogP) is 2.22. The van der Waals surface area contributed by atoms with Crippen LogP contribution in [0.2, 0.25) is 0 Å². The molecule has 0 spiro atoms. The van der Waals surface area contributed by atoms with E-state index in [9.17, 15) is 4.79 Å². The SMILES string of the molecule is C=C(C(=O)OC)C1CC(C)N(C)C(C)(C)C1. The highest BCUT2D eigenvalue weighted by atomic mass is 16.5. The number of carbonyl (C=O) groups excluding carboxylic acids is 1. The van der Waals surface area contributed by atoms with Crippen molar-refractivity contribution < 1.29 is 9.53 Å². The number of nitrogens with zero attached hydrogens (tertiary/aromatic N) is 1. The summed E-state index contributed by atoms with van der Waals surface area (Å²) in [7, 11) is 3.55. The first-order valence-corrected chi connectivity index (χ1v) is 5.79. The van der Waals surface area contributed by atoms with Crippen molar-refractivity contribution >= 4 is 5.97 Å². The van der Waals surface area contributed by atoms with Gasteiger partial charge in [-0.15, -0.1) is 0 Å². The Morgan fingerprint density at radius 1 is 1.50 bits per heavy atom. The van der Waals surface area contributed by atoms with Crippen LogP contribution in [0, 0.1) is 5.92 Å². The minimum absolute atomic E-state index is 0.110. The lowest BCUT2D eigenvalue weighted by molar-refractivity contribution is -0.137. The quantitative estimate of drug-likeness (QED) is 0.533. The number of hydrogen-bond acceptors (Lipinski definition) is 3. The minimum atomic E-state index is -0.266. The summed E-state index contributed by atoms with van der Waals surface area (Å²) in [5, 5.41) is 0. The molecule has 1 rings (SSSR count). The molecule has 1 aliphatic heterocycles. The van der Waals surface area contributed by atoms with Gasteiger partial charge >= 0.3 is 5.97 Å². The molecule has 0 aromatic heterocycles. The van der Waals surface area contributed by atoms with E-state index < -0.39 is 0 Å². The van der Waals surface area contributed by atoms with Crippen molar-refractivity contribution in [3.05, 3.63) is 12.2 Å². The van der Waals surface area contributed by atoms with Crippen LogP contribution in [0.15, 0.2) is 12.2 Å². The van der Waals surface area contributed by atoms with Gasteiger partial charge in [0.1, 0.15) is 0 Å². The zero-order chi connectivity index (χ0) is 12.5. The second-order valence-electron chi connectivity index (χ2n) is 5.43. The Hall–Kier alpha value is -0.830. The number of ether oxygens (including phenoxy) is 1. The second kappa shape index (κ2) is 4.58. The molecule has 1 saturated heterocycles. The van der Waals surface area contributed by atoms with Crippen LogP contribution in [0.5, 0.6) is 0 Å². The minimum Gasteiger partial charge on any atom is -0.466 e. The summed E-state index contributed by atoms with van der Waals surface area (Å²) in [6, 6.07) is 0.468. The van der Waals surface area contributed by atoms with Gasteiger partial charge < -0.3 is 4.74 Å². The van der Waals surface area contributed by atoms with Gasteiger partial charge in [0.15, 0.2) is 0 Å². The van der Waals surface area contributed by atoms with Crippen LogP contribution < -0.4 is 0 Å². The lowest BCUT2D eigenvalue weighted by atomic mass is 9.77. The fourth-order valence-electron chi connectivity index (χ4n) is 2.56. The maximum absolute atomic E-state index is 11.5. The van der Waals surface area contributed by atoms with Crippen LogP contribution in [0.4, 0.5) is 0 Å². The Morgan fingerprint density at radius 3 is 2.50 bits per heavy atom. The number of likely N-dealkylation sites (tertiary alicyclic amines) is 1. The van der Waals surface area contributed by atoms with Gasteiger partial charge in [0, 0.05) is 17.2 Å². The molecule has 16 heavy (non-hydrogen) atoms. The molecule has 0 amide bonds. The van der Waals surface area contributed by atoms with Crippen LogP contribution in [-0.2, 0) is 9.53 Å². The molecule has 0 aromatic carbocycles. The van der Waals surface area contributed by atoms with E-state index in [4.69, 9.17) is 4.74 Å². The number of esters is 1. The average Bonchev–Trinajstić information content (AvgIpc) is 2.22. The predicted molar refractivity (Wildman–Crippen MR) is 65.2 cm³/mol. The van der Waals surface area contributed by atoms with Crippen molar-refractivity contribution in [3.8, 4) is 0 Å². The molecule has 3 heteroatoms. The van der Waals surface area contributed by atoms with Gasteiger partial charge in [-0.1, -0.05) is 6.58 Å². The van der Waals surface area contributed by atoms with Crippen molar-refractivity contribution in [2.24, 2.45) is 5.92 Å². The van der Waals surface area contributed by atoms with E-state index >= 15 is 0 Å². The van der Waals surface area contributed by atoms with Gasteiger partial charge in [0.2, 0.25) is 0 Å². The first-order chi connectivity index (χ1) is 7.29. The Morgan fingerprint density at radius 2 is 2.06 bits per heavy atom. The third kappa shape index (κ3) is 2.46. The summed E-state index contributed by atoms with van der Waals surface area (Å²) in [4.78, 5) is 13.8. The molecule has 2 unspecified atom stereocenters. The van der Waals surface area contributed by atoms with Crippen molar-refractivity contribution in [1.29, 1.82) is 0 Å². The molecule has 1 heterocycles. The number of rotatable bonds is 2. The maximum Gasteiger partial charge on any atom is 0.333 e. The largest absolute Gasteiger partial charge is 0.466 e. The normalized spacial score (nSPS) is 29.8. The first-order valence-electron chi connectivity index (χ1n) is 5.79. The molecule has 0 aromatic rings. The zero-order valence-corrected chi connectivity index (χ0v) is 11.0. The number of carbonyl (C=O) groups is 1. The molecule has 0 N–H and O–H groups in total. The maximum atomic E-state index is 11.5. The van der Waals surface area contributed by atoms with E-state index in [1.807, 2.05) is 0 Å². The third-order valence-electron chi connectivity index (χ3n) is 3.93. The van der Waals surface area contributed by atoms with Gasteiger partial charge in [-0.3, -0.25) is 4.90 Å². The number of methoxy groups -OCH3 is 1. The van der Waals surface area contributed by atoms with Gasteiger partial charge in [-0.05, 0) is 46.6 Å². The summed E-state index contributed by atoms with van der Waals surface area (Å²) in [6.07, 6.45) is 1.94. The summed E-state index contributed by atoms with van der Waals surface area (Å²) in [5.74, 6) is -0.0220. The fraction of sp³-hybridized carbons (Fsp3) is 0.769. The van der Waals surface area contributed by atoms with Gasteiger partial charge in [0.05, 0.1) is 7.11 Å². The molecule has 0 bridgehead atoms. The fourth-order valence-corrected chi connectivity index (χ4v) is 2.56. The molecular weight excluding hydrogens is 202 g/mol. The summed E-state index contributed by atoms with van der Waals surface area (Å²) >= 11 is 0. The van der Waals surface area contributed by atoms with E-state index in [0.29, 0.717) is 11.6 Å². The molecule has 1 aliphatic rings. The third-order valence-corrected chi connectivity index (χ3v) is 3.93. The Bertz CT molecular complexity index is 296. The number of piperidine rings is 1. The van der Waals surface area contributed by atoms with Crippen molar-refractivity contribution in [2.45, 2.75) is 45.2 Å².